The topological polar surface area (TPSA) is 21.3 Å². The zero-order valence-electron chi connectivity index (χ0n) is 10.7. The van der Waals surface area contributed by atoms with Gasteiger partial charge >= 0.3 is 6.18 Å². The Kier molecular flexibility index (Phi) is 3.71. The van der Waals surface area contributed by atoms with Crippen LogP contribution in [0, 0.1) is 0 Å². The highest BCUT2D eigenvalue weighted by Gasteiger charge is 2.39. The van der Waals surface area contributed by atoms with Crippen molar-refractivity contribution in [2.24, 2.45) is 0 Å². The Hall–Kier alpha value is -0.940. The molecular weight excluding hydrogens is 279 g/mol. The van der Waals surface area contributed by atoms with Crippen LogP contribution < -0.4 is 10.1 Å². The molecule has 1 aliphatic rings. The van der Waals surface area contributed by atoms with Gasteiger partial charge in [-0.25, -0.2) is 0 Å². The second-order valence-electron chi connectivity index (χ2n) is 4.90. The van der Waals surface area contributed by atoms with Crippen molar-refractivity contribution >= 4 is 11.6 Å². The summed E-state index contributed by atoms with van der Waals surface area (Å²) >= 11 is 5.93. The molecule has 1 atom stereocenters. The molecule has 1 aromatic rings. The maximum absolute atomic E-state index is 13.0. The van der Waals surface area contributed by atoms with E-state index in [1.54, 1.807) is 6.07 Å². The van der Waals surface area contributed by atoms with Crippen molar-refractivity contribution in [1.82, 2.24) is 5.32 Å². The molecule has 6 heteroatoms. The molecule has 1 fully saturated rings. The minimum atomic E-state index is -4.49. The third-order valence-corrected chi connectivity index (χ3v) is 3.84. The van der Waals surface area contributed by atoms with Gasteiger partial charge in [-0.3, -0.25) is 0 Å². The fraction of sp³-hybridized carbons (Fsp3) is 0.538. The lowest BCUT2D eigenvalue weighted by Gasteiger charge is -2.27. The largest absolute Gasteiger partial charge is 0.495 e. The van der Waals surface area contributed by atoms with Crippen molar-refractivity contribution < 1.29 is 17.9 Å². The Labute approximate surface area is 114 Å². The van der Waals surface area contributed by atoms with Gasteiger partial charge in [0.1, 0.15) is 5.75 Å². The summed E-state index contributed by atoms with van der Waals surface area (Å²) in [5.41, 5.74) is -0.744. The van der Waals surface area contributed by atoms with Crippen LogP contribution in [-0.2, 0) is 11.7 Å². The maximum atomic E-state index is 13.0. The fourth-order valence-electron chi connectivity index (χ4n) is 2.47. The molecule has 0 spiro atoms. The minimum absolute atomic E-state index is 0.0118. The van der Waals surface area contributed by atoms with E-state index >= 15 is 0 Å². The molecule has 1 unspecified atom stereocenters. The normalized spacial score (nSPS) is 23.7. The SMILES string of the molecule is COc1c(Cl)cc(C2(C)CCCN2)cc1C(F)(F)F. The standard InChI is InChI=1S/C13H15ClF3NO/c1-12(4-3-5-18-12)8-6-9(13(15,16)17)11(19-2)10(14)7-8/h6-7,18H,3-5H2,1-2H3. The van der Waals surface area contributed by atoms with Crippen molar-refractivity contribution in [3.8, 4) is 5.75 Å². The van der Waals surface area contributed by atoms with E-state index in [0.717, 1.165) is 25.5 Å². The van der Waals surface area contributed by atoms with Crippen LogP contribution in [0.2, 0.25) is 5.02 Å². The summed E-state index contributed by atoms with van der Waals surface area (Å²) < 4.78 is 43.9. The molecule has 2 rings (SSSR count). The Bertz CT molecular complexity index is 482. The molecule has 0 aliphatic carbocycles. The van der Waals surface area contributed by atoms with E-state index in [-0.39, 0.29) is 10.8 Å². The van der Waals surface area contributed by atoms with Crippen LogP contribution in [0.3, 0.4) is 0 Å². The number of hydrogen-bond donors (Lipinski definition) is 1. The van der Waals surface area contributed by atoms with E-state index in [1.807, 2.05) is 6.92 Å². The Morgan fingerprint density at radius 1 is 1.37 bits per heavy atom. The molecule has 0 radical (unpaired) electrons. The van der Waals surface area contributed by atoms with Crippen LogP contribution >= 0.6 is 11.6 Å². The predicted octanol–water partition coefficient (Wildman–Crippen LogP) is 3.97. The van der Waals surface area contributed by atoms with Crippen molar-refractivity contribution in [3.05, 3.63) is 28.3 Å². The number of ether oxygens (including phenoxy) is 1. The number of rotatable bonds is 2. The van der Waals surface area contributed by atoms with Gasteiger partial charge in [0.15, 0.2) is 0 Å². The number of benzene rings is 1. The fourth-order valence-corrected chi connectivity index (χ4v) is 2.77. The molecule has 1 aromatic carbocycles. The molecule has 106 valence electrons. The van der Waals surface area contributed by atoms with Crippen LogP contribution in [0.4, 0.5) is 13.2 Å². The van der Waals surface area contributed by atoms with Gasteiger partial charge in [-0.15, -0.1) is 0 Å². The van der Waals surface area contributed by atoms with E-state index in [2.05, 4.69) is 5.32 Å². The molecule has 0 saturated carbocycles. The highest BCUT2D eigenvalue weighted by atomic mass is 35.5. The zero-order chi connectivity index (χ0) is 14.3. The molecule has 1 N–H and O–H groups in total. The smallest absolute Gasteiger partial charge is 0.420 e. The monoisotopic (exact) mass is 293 g/mol. The zero-order valence-corrected chi connectivity index (χ0v) is 11.5. The maximum Gasteiger partial charge on any atom is 0.420 e. The lowest BCUT2D eigenvalue weighted by molar-refractivity contribution is -0.138. The third kappa shape index (κ3) is 2.67. The van der Waals surface area contributed by atoms with Gasteiger partial charge in [0, 0.05) is 5.54 Å². The first-order valence-corrected chi connectivity index (χ1v) is 6.36. The van der Waals surface area contributed by atoms with E-state index < -0.39 is 17.3 Å². The van der Waals surface area contributed by atoms with Gasteiger partial charge < -0.3 is 10.1 Å². The van der Waals surface area contributed by atoms with Gasteiger partial charge in [0.2, 0.25) is 0 Å². The molecule has 0 bridgehead atoms. The van der Waals surface area contributed by atoms with Crippen LogP contribution in [0.1, 0.15) is 30.9 Å². The highest BCUT2D eigenvalue weighted by molar-refractivity contribution is 6.32. The number of alkyl halides is 3. The van der Waals surface area contributed by atoms with E-state index in [9.17, 15) is 13.2 Å². The summed E-state index contributed by atoms with van der Waals surface area (Å²) in [4.78, 5) is 0. The Balaban J connectivity index is 2.57. The van der Waals surface area contributed by atoms with Crippen molar-refractivity contribution in [3.63, 3.8) is 0 Å². The van der Waals surface area contributed by atoms with Gasteiger partial charge in [-0.1, -0.05) is 11.6 Å². The molecule has 2 nitrogen and oxygen atoms in total. The Morgan fingerprint density at radius 3 is 2.53 bits per heavy atom. The summed E-state index contributed by atoms with van der Waals surface area (Å²) in [5, 5.41) is 3.21. The van der Waals surface area contributed by atoms with Gasteiger partial charge in [-0.05, 0) is 44.0 Å². The number of methoxy groups -OCH3 is 1. The lowest BCUT2D eigenvalue weighted by Crippen LogP contribution is -2.33. The second-order valence-corrected chi connectivity index (χ2v) is 5.31. The van der Waals surface area contributed by atoms with Crippen LogP contribution in [0.25, 0.3) is 0 Å². The van der Waals surface area contributed by atoms with E-state index in [0.29, 0.717) is 5.56 Å². The Morgan fingerprint density at radius 2 is 2.05 bits per heavy atom. The summed E-state index contributed by atoms with van der Waals surface area (Å²) in [5.74, 6) is -0.320. The molecule has 1 aliphatic heterocycles. The second kappa shape index (κ2) is 4.87. The minimum Gasteiger partial charge on any atom is -0.495 e. The van der Waals surface area contributed by atoms with Crippen LogP contribution in [0.5, 0.6) is 5.75 Å². The van der Waals surface area contributed by atoms with Gasteiger partial charge in [0.25, 0.3) is 0 Å². The quantitative estimate of drug-likeness (QED) is 0.891. The first-order chi connectivity index (χ1) is 8.78. The van der Waals surface area contributed by atoms with Crippen molar-refractivity contribution in [2.75, 3.05) is 13.7 Å². The van der Waals surface area contributed by atoms with Crippen molar-refractivity contribution in [2.45, 2.75) is 31.5 Å². The summed E-state index contributed by atoms with van der Waals surface area (Å²) in [6.45, 7) is 2.68. The third-order valence-electron chi connectivity index (χ3n) is 3.56. The predicted molar refractivity (Wildman–Crippen MR) is 67.6 cm³/mol. The number of nitrogens with one attached hydrogen (secondary N) is 1. The molecule has 1 heterocycles. The highest BCUT2D eigenvalue weighted by Crippen LogP contribution is 2.43. The first kappa shape index (κ1) is 14.5. The molecule has 1 saturated heterocycles. The summed E-state index contributed by atoms with van der Waals surface area (Å²) in [6, 6.07) is 2.68. The molecule has 0 aromatic heterocycles. The molecular formula is C13H15ClF3NO. The van der Waals surface area contributed by atoms with Gasteiger partial charge in [-0.2, -0.15) is 13.2 Å². The number of halogens is 4. The average molecular weight is 294 g/mol. The van der Waals surface area contributed by atoms with Crippen LogP contribution in [0.15, 0.2) is 12.1 Å². The van der Waals surface area contributed by atoms with Crippen LogP contribution in [-0.4, -0.2) is 13.7 Å². The van der Waals surface area contributed by atoms with Crippen molar-refractivity contribution in [1.29, 1.82) is 0 Å². The number of hydrogen-bond acceptors (Lipinski definition) is 2. The van der Waals surface area contributed by atoms with E-state index in [1.165, 1.54) is 7.11 Å². The first-order valence-electron chi connectivity index (χ1n) is 5.98. The van der Waals surface area contributed by atoms with Gasteiger partial charge in [0.05, 0.1) is 17.7 Å². The lowest BCUT2D eigenvalue weighted by atomic mass is 9.89. The molecule has 0 amide bonds. The summed E-state index contributed by atoms with van der Waals surface area (Å²) in [6.07, 6.45) is -2.77. The summed E-state index contributed by atoms with van der Waals surface area (Å²) in [7, 11) is 1.19. The molecule has 19 heavy (non-hydrogen) atoms. The van der Waals surface area contributed by atoms with E-state index in [4.69, 9.17) is 16.3 Å². The average Bonchev–Trinajstić information content (AvgIpc) is 2.75.